The maximum absolute atomic E-state index is 12.4. The second-order valence-corrected chi connectivity index (χ2v) is 6.31. The minimum Gasteiger partial charge on any atom is -0.484 e. The van der Waals surface area contributed by atoms with Crippen LogP contribution in [-0.4, -0.2) is 36.4 Å². The molecule has 0 atom stereocenters. The van der Waals surface area contributed by atoms with E-state index in [9.17, 15) is 9.59 Å². The number of nitrogens with one attached hydrogen (secondary N) is 1. The maximum atomic E-state index is 12.4. The molecule has 0 aliphatic carbocycles. The van der Waals surface area contributed by atoms with Crippen LogP contribution in [0.25, 0.3) is 0 Å². The Morgan fingerprint density at radius 2 is 1.80 bits per heavy atom. The van der Waals surface area contributed by atoms with Crippen LogP contribution in [0.4, 0.5) is 5.69 Å². The van der Waals surface area contributed by atoms with Gasteiger partial charge in [-0.05, 0) is 55.3 Å². The molecule has 0 radical (unpaired) electrons. The molecule has 2 aromatic carbocycles. The second kappa shape index (κ2) is 8.03. The van der Waals surface area contributed by atoms with Crippen molar-refractivity contribution in [2.45, 2.75) is 12.8 Å². The van der Waals surface area contributed by atoms with Crippen molar-refractivity contribution in [2.75, 3.05) is 25.0 Å². The fraction of sp³-hybridized carbons (Fsp3) is 0.263. The van der Waals surface area contributed by atoms with Crippen LogP contribution in [0.1, 0.15) is 23.2 Å². The molecule has 130 valence electrons. The molecule has 0 bridgehead atoms. The van der Waals surface area contributed by atoms with Gasteiger partial charge in [-0.15, -0.1) is 0 Å². The van der Waals surface area contributed by atoms with Crippen molar-refractivity contribution in [3.8, 4) is 5.75 Å². The van der Waals surface area contributed by atoms with E-state index in [0.29, 0.717) is 22.0 Å². The summed E-state index contributed by atoms with van der Waals surface area (Å²) in [4.78, 5) is 26.3. The van der Waals surface area contributed by atoms with Gasteiger partial charge in [0.1, 0.15) is 5.75 Å². The van der Waals surface area contributed by atoms with E-state index >= 15 is 0 Å². The van der Waals surface area contributed by atoms with Gasteiger partial charge >= 0.3 is 0 Å². The standard InChI is InChI=1S/C19H19ClN2O3/c20-15-6-8-17(9-7-15)25-13-18(23)21-16-5-3-4-14(12-16)19(24)22-10-1-2-11-22/h3-9,12H,1-2,10-11,13H2,(H,21,23). The van der Waals surface area contributed by atoms with Crippen LogP contribution < -0.4 is 10.1 Å². The molecule has 25 heavy (non-hydrogen) atoms. The highest BCUT2D eigenvalue weighted by Gasteiger charge is 2.19. The molecule has 0 saturated carbocycles. The summed E-state index contributed by atoms with van der Waals surface area (Å²) < 4.78 is 5.41. The van der Waals surface area contributed by atoms with Crippen molar-refractivity contribution in [1.82, 2.24) is 4.90 Å². The molecule has 3 rings (SSSR count). The van der Waals surface area contributed by atoms with E-state index < -0.39 is 0 Å². The number of carbonyl (C=O) groups is 2. The third-order valence-electron chi connectivity index (χ3n) is 3.97. The minimum absolute atomic E-state index is 0.00557. The highest BCUT2D eigenvalue weighted by atomic mass is 35.5. The van der Waals surface area contributed by atoms with Crippen LogP contribution in [0.3, 0.4) is 0 Å². The van der Waals surface area contributed by atoms with E-state index in [1.807, 2.05) is 4.90 Å². The third kappa shape index (κ3) is 4.73. The van der Waals surface area contributed by atoms with Gasteiger partial charge in [0, 0.05) is 29.4 Å². The Morgan fingerprint density at radius 3 is 2.52 bits per heavy atom. The Hall–Kier alpha value is -2.53. The van der Waals surface area contributed by atoms with Crippen molar-refractivity contribution >= 4 is 29.1 Å². The van der Waals surface area contributed by atoms with Gasteiger partial charge in [0.05, 0.1) is 0 Å². The number of likely N-dealkylation sites (tertiary alicyclic amines) is 1. The largest absolute Gasteiger partial charge is 0.484 e. The molecule has 1 heterocycles. The molecule has 2 amide bonds. The van der Waals surface area contributed by atoms with E-state index in [2.05, 4.69) is 5.32 Å². The number of ether oxygens (including phenoxy) is 1. The van der Waals surface area contributed by atoms with Crippen molar-refractivity contribution in [2.24, 2.45) is 0 Å². The molecule has 0 unspecified atom stereocenters. The van der Waals surface area contributed by atoms with E-state index in [1.165, 1.54) is 0 Å². The molecule has 1 fully saturated rings. The van der Waals surface area contributed by atoms with Crippen molar-refractivity contribution in [3.63, 3.8) is 0 Å². The zero-order valence-electron chi connectivity index (χ0n) is 13.7. The van der Waals surface area contributed by atoms with Gasteiger partial charge in [0.2, 0.25) is 0 Å². The normalized spacial score (nSPS) is 13.6. The van der Waals surface area contributed by atoms with Crippen molar-refractivity contribution < 1.29 is 14.3 Å². The summed E-state index contributed by atoms with van der Waals surface area (Å²) in [6, 6.07) is 13.8. The van der Waals surface area contributed by atoms with E-state index in [-0.39, 0.29) is 18.4 Å². The number of carbonyl (C=O) groups excluding carboxylic acids is 2. The Balaban J connectivity index is 1.56. The first-order valence-corrected chi connectivity index (χ1v) is 8.57. The molecule has 0 spiro atoms. The highest BCUT2D eigenvalue weighted by molar-refractivity contribution is 6.30. The highest BCUT2D eigenvalue weighted by Crippen LogP contribution is 2.17. The SMILES string of the molecule is O=C(COc1ccc(Cl)cc1)Nc1cccc(C(=O)N2CCCC2)c1. The molecule has 1 saturated heterocycles. The lowest BCUT2D eigenvalue weighted by Crippen LogP contribution is -2.27. The molecule has 2 aromatic rings. The average Bonchev–Trinajstić information content (AvgIpc) is 3.15. The zero-order valence-corrected chi connectivity index (χ0v) is 14.5. The minimum atomic E-state index is -0.291. The summed E-state index contributed by atoms with van der Waals surface area (Å²) >= 11 is 5.80. The number of benzene rings is 2. The Labute approximate surface area is 151 Å². The van der Waals surface area contributed by atoms with Gasteiger partial charge in [0.15, 0.2) is 6.61 Å². The third-order valence-corrected chi connectivity index (χ3v) is 4.22. The summed E-state index contributed by atoms with van der Waals surface area (Å²) in [5, 5.41) is 3.36. The monoisotopic (exact) mass is 358 g/mol. The summed E-state index contributed by atoms with van der Waals surface area (Å²) in [7, 11) is 0. The summed E-state index contributed by atoms with van der Waals surface area (Å²) in [5.74, 6) is 0.282. The molecule has 1 aliphatic rings. The fourth-order valence-electron chi connectivity index (χ4n) is 2.71. The zero-order chi connectivity index (χ0) is 17.6. The number of nitrogens with zero attached hydrogens (tertiary/aromatic N) is 1. The number of rotatable bonds is 5. The Morgan fingerprint density at radius 1 is 1.08 bits per heavy atom. The summed E-state index contributed by atoms with van der Waals surface area (Å²) in [6.07, 6.45) is 2.09. The first kappa shape index (κ1) is 17.3. The fourth-order valence-corrected chi connectivity index (χ4v) is 2.84. The summed E-state index contributed by atoms with van der Waals surface area (Å²) in [5.41, 5.74) is 1.16. The first-order valence-electron chi connectivity index (χ1n) is 8.19. The van der Waals surface area contributed by atoms with Crippen molar-refractivity contribution in [1.29, 1.82) is 0 Å². The number of halogens is 1. The van der Waals surface area contributed by atoms with E-state index in [0.717, 1.165) is 25.9 Å². The molecular weight excluding hydrogens is 340 g/mol. The molecule has 6 heteroatoms. The Kier molecular flexibility index (Phi) is 5.56. The van der Waals surface area contributed by atoms with Gasteiger partial charge in [-0.3, -0.25) is 9.59 Å². The van der Waals surface area contributed by atoms with Crippen LogP contribution in [-0.2, 0) is 4.79 Å². The smallest absolute Gasteiger partial charge is 0.262 e. The van der Waals surface area contributed by atoms with Gasteiger partial charge < -0.3 is 15.0 Å². The topological polar surface area (TPSA) is 58.6 Å². The summed E-state index contributed by atoms with van der Waals surface area (Å²) in [6.45, 7) is 1.47. The lowest BCUT2D eigenvalue weighted by atomic mass is 10.1. The molecule has 5 nitrogen and oxygen atoms in total. The lowest BCUT2D eigenvalue weighted by molar-refractivity contribution is -0.118. The lowest BCUT2D eigenvalue weighted by Gasteiger charge is -2.15. The van der Waals surface area contributed by atoms with Crippen LogP contribution in [0, 0.1) is 0 Å². The first-order chi connectivity index (χ1) is 12.1. The van der Waals surface area contributed by atoms with E-state index in [1.54, 1.807) is 48.5 Å². The number of hydrogen-bond donors (Lipinski definition) is 1. The van der Waals surface area contributed by atoms with Gasteiger partial charge in [0.25, 0.3) is 11.8 Å². The van der Waals surface area contributed by atoms with Gasteiger partial charge in [-0.1, -0.05) is 17.7 Å². The van der Waals surface area contributed by atoms with Crippen LogP contribution in [0.15, 0.2) is 48.5 Å². The number of amides is 2. The molecule has 0 aromatic heterocycles. The van der Waals surface area contributed by atoms with Crippen LogP contribution in [0.2, 0.25) is 5.02 Å². The predicted molar refractivity (Wildman–Crippen MR) is 97.2 cm³/mol. The number of anilines is 1. The predicted octanol–water partition coefficient (Wildman–Crippen LogP) is 3.59. The van der Waals surface area contributed by atoms with Gasteiger partial charge in [-0.25, -0.2) is 0 Å². The molecule has 1 aliphatic heterocycles. The molecular formula is C19H19ClN2O3. The van der Waals surface area contributed by atoms with Gasteiger partial charge in [-0.2, -0.15) is 0 Å². The van der Waals surface area contributed by atoms with Crippen LogP contribution in [0.5, 0.6) is 5.75 Å². The van der Waals surface area contributed by atoms with E-state index in [4.69, 9.17) is 16.3 Å². The second-order valence-electron chi connectivity index (χ2n) is 5.87. The van der Waals surface area contributed by atoms with Crippen molar-refractivity contribution in [3.05, 3.63) is 59.1 Å². The number of hydrogen-bond acceptors (Lipinski definition) is 3. The average molecular weight is 359 g/mol. The maximum Gasteiger partial charge on any atom is 0.262 e. The quantitative estimate of drug-likeness (QED) is 0.888. The molecule has 1 N–H and O–H groups in total. The van der Waals surface area contributed by atoms with Crippen LogP contribution >= 0.6 is 11.6 Å². The Bertz CT molecular complexity index is 756.